The molecule has 2 heteroatoms. The molecule has 0 aromatic carbocycles. The molecule has 0 saturated heterocycles. The van der Waals surface area contributed by atoms with Crippen molar-refractivity contribution in [2.75, 3.05) is 6.61 Å². The van der Waals surface area contributed by atoms with E-state index in [1.165, 1.54) is 0 Å². The Morgan fingerprint density at radius 1 is 1.36 bits per heavy atom. The van der Waals surface area contributed by atoms with E-state index in [9.17, 15) is 4.79 Å². The van der Waals surface area contributed by atoms with Crippen LogP contribution < -0.4 is 0 Å². The second-order valence-electron chi connectivity index (χ2n) is 3.33. The van der Waals surface area contributed by atoms with E-state index >= 15 is 0 Å². The summed E-state index contributed by atoms with van der Waals surface area (Å²) in [5.41, 5.74) is 0. The number of carbonyl (C=O) groups is 1. The van der Waals surface area contributed by atoms with Crippen molar-refractivity contribution in [1.29, 1.82) is 0 Å². The predicted octanol–water partition coefficient (Wildman–Crippen LogP) is 2.87. The van der Waals surface area contributed by atoms with Gasteiger partial charge in [-0.3, -0.25) is 4.79 Å². The predicted molar refractivity (Wildman–Crippen MR) is 58.9 cm³/mol. The van der Waals surface area contributed by atoms with Crippen LogP contribution in [0.2, 0.25) is 0 Å². The van der Waals surface area contributed by atoms with Gasteiger partial charge in [-0.05, 0) is 5.92 Å². The highest BCUT2D eigenvalue weighted by Gasteiger charge is 2.00. The van der Waals surface area contributed by atoms with Crippen LogP contribution in [0.1, 0.15) is 20.3 Å². The van der Waals surface area contributed by atoms with Gasteiger partial charge in [0, 0.05) is 0 Å². The summed E-state index contributed by atoms with van der Waals surface area (Å²) in [6.45, 7) is 8.04. The van der Waals surface area contributed by atoms with Gasteiger partial charge in [-0.1, -0.05) is 50.8 Å². The summed E-state index contributed by atoms with van der Waals surface area (Å²) in [5.74, 6) is 0.213. The maximum absolute atomic E-state index is 11.1. The highest BCUT2D eigenvalue weighted by molar-refractivity contribution is 5.71. The number of allylic oxidation sites excluding steroid dienone is 4. The quantitative estimate of drug-likeness (QED) is 0.480. The minimum absolute atomic E-state index is 0.179. The second kappa shape index (κ2) is 8.30. The van der Waals surface area contributed by atoms with E-state index in [2.05, 4.69) is 6.58 Å². The molecule has 0 rings (SSSR count). The van der Waals surface area contributed by atoms with Crippen molar-refractivity contribution in [1.82, 2.24) is 0 Å². The Hall–Kier alpha value is -1.31. The molecule has 0 radical (unpaired) electrons. The highest BCUT2D eigenvalue weighted by Crippen LogP contribution is 1.95. The van der Waals surface area contributed by atoms with Crippen LogP contribution in [0.3, 0.4) is 0 Å². The van der Waals surface area contributed by atoms with E-state index in [0.29, 0.717) is 18.9 Å². The third-order valence-electron chi connectivity index (χ3n) is 1.36. The fraction of sp³-hybridized carbons (Fsp3) is 0.417. The van der Waals surface area contributed by atoms with Gasteiger partial charge in [-0.25, -0.2) is 0 Å². The monoisotopic (exact) mass is 194 g/mol. The molecule has 0 spiro atoms. The van der Waals surface area contributed by atoms with Gasteiger partial charge in [0.15, 0.2) is 0 Å². The van der Waals surface area contributed by atoms with Gasteiger partial charge >= 0.3 is 5.97 Å². The van der Waals surface area contributed by atoms with E-state index in [-0.39, 0.29) is 5.97 Å². The SMILES string of the molecule is C=C/C=C\C=C\CC(=O)OCC(C)C. The first-order valence-electron chi connectivity index (χ1n) is 4.76. The van der Waals surface area contributed by atoms with E-state index in [0.717, 1.165) is 0 Å². The zero-order chi connectivity index (χ0) is 10.8. The van der Waals surface area contributed by atoms with Crippen LogP contribution in [0.15, 0.2) is 37.0 Å². The molecule has 0 aromatic rings. The first-order chi connectivity index (χ1) is 6.66. The zero-order valence-corrected chi connectivity index (χ0v) is 8.90. The number of hydrogen-bond acceptors (Lipinski definition) is 2. The summed E-state index contributed by atoms with van der Waals surface area (Å²) in [6, 6.07) is 0. The molecule has 0 aliphatic heterocycles. The van der Waals surface area contributed by atoms with Gasteiger partial charge in [-0.2, -0.15) is 0 Å². The van der Waals surface area contributed by atoms with Crippen LogP contribution in [0.25, 0.3) is 0 Å². The Labute approximate surface area is 86.0 Å². The molecule has 0 atom stereocenters. The molecule has 0 heterocycles. The Kier molecular flexibility index (Phi) is 7.52. The first kappa shape index (κ1) is 12.7. The number of hydrogen-bond donors (Lipinski definition) is 0. The molecule has 0 N–H and O–H groups in total. The third-order valence-corrected chi connectivity index (χ3v) is 1.36. The number of esters is 1. The molecule has 2 nitrogen and oxygen atoms in total. The Morgan fingerprint density at radius 2 is 2.07 bits per heavy atom. The molecule has 0 amide bonds. The second-order valence-corrected chi connectivity index (χ2v) is 3.33. The largest absolute Gasteiger partial charge is 0.465 e. The molecule has 0 aromatic heterocycles. The van der Waals surface area contributed by atoms with Gasteiger partial charge in [0.25, 0.3) is 0 Å². The smallest absolute Gasteiger partial charge is 0.309 e. The fourth-order valence-electron chi connectivity index (χ4n) is 0.704. The Bertz CT molecular complexity index is 224. The maximum Gasteiger partial charge on any atom is 0.309 e. The molecule has 78 valence electrons. The summed E-state index contributed by atoms with van der Waals surface area (Å²) in [7, 11) is 0. The van der Waals surface area contributed by atoms with Crippen molar-refractivity contribution >= 4 is 5.97 Å². The zero-order valence-electron chi connectivity index (χ0n) is 8.90. The highest BCUT2D eigenvalue weighted by atomic mass is 16.5. The van der Waals surface area contributed by atoms with Gasteiger partial charge in [0.1, 0.15) is 0 Å². The van der Waals surface area contributed by atoms with Crippen LogP contribution >= 0.6 is 0 Å². The van der Waals surface area contributed by atoms with Crippen molar-refractivity contribution in [3.63, 3.8) is 0 Å². The maximum atomic E-state index is 11.1. The lowest BCUT2D eigenvalue weighted by Gasteiger charge is -2.04. The molecular weight excluding hydrogens is 176 g/mol. The summed E-state index contributed by atoms with van der Waals surface area (Å²) in [4.78, 5) is 11.1. The molecule has 0 saturated carbocycles. The number of ether oxygens (including phenoxy) is 1. The van der Waals surface area contributed by atoms with Crippen molar-refractivity contribution in [3.8, 4) is 0 Å². The molecule has 0 bridgehead atoms. The average molecular weight is 194 g/mol. The Morgan fingerprint density at radius 3 is 2.64 bits per heavy atom. The number of carbonyl (C=O) groups excluding carboxylic acids is 1. The number of rotatable bonds is 6. The van der Waals surface area contributed by atoms with Crippen molar-refractivity contribution in [2.45, 2.75) is 20.3 Å². The minimum Gasteiger partial charge on any atom is -0.465 e. The van der Waals surface area contributed by atoms with Crippen LogP contribution in [0.4, 0.5) is 0 Å². The standard InChI is InChI=1S/C12H18O2/c1-4-5-6-7-8-9-12(13)14-10-11(2)3/h4-8,11H,1,9-10H2,2-3H3/b6-5-,8-7+. The van der Waals surface area contributed by atoms with Crippen LogP contribution in [0.5, 0.6) is 0 Å². The summed E-state index contributed by atoms with van der Waals surface area (Å²) >= 11 is 0. The van der Waals surface area contributed by atoms with Gasteiger partial charge in [-0.15, -0.1) is 0 Å². The van der Waals surface area contributed by atoms with Gasteiger partial charge in [0.2, 0.25) is 0 Å². The van der Waals surface area contributed by atoms with E-state index in [4.69, 9.17) is 4.74 Å². The lowest BCUT2D eigenvalue weighted by molar-refractivity contribution is -0.143. The molecule has 0 unspecified atom stereocenters. The van der Waals surface area contributed by atoms with Gasteiger partial charge < -0.3 is 4.74 Å². The van der Waals surface area contributed by atoms with Crippen molar-refractivity contribution in [2.24, 2.45) is 5.92 Å². The average Bonchev–Trinajstić information content (AvgIpc) is 2.14. The normalized spacial score (nSPS) is 11.4. The topological polar surface area (TPSA) is 26.3 Å². The van der Waals surface area contributed by atoms with Crippen LogP contribution in [0, 0.1) is 5.92 Å². The lowest BCUT2D eigenvalue weighted by Crippen LogP contribution is -2.08. The van der Waals surface area contributed by atoms with E-state index < -0.39 is 0 Å². The van der Waals surface area contributed by atoms with Crippen molar-refractivity contribution in [3.05, 3.63) is 37.0 Å². The first-order valence-corrected chi connectivity index (χ1v) is 4.76. The van der Waals surface area contributed by atoms with Crippen LogP contribution in [-0.4, -0.2) is 12.6 Å². The van der Waals surface area contributed by atoms with E-state index in [1.54, 1.807) is 24.3 Å². The fourth-order valence-corrected chi connectivity index (χ4v) is 0.704. The van der Waals surface area contributed by atoms with Crippen LogP contribution in [-0.2, 0) is 9.53 Å². The summed E-state index contributed by atoms with van der Waals surface area (Å²) in [5, 5.41) is 0. The molecule has 0 fully saturated rings. The summed E-state index contributed by atoms with van der Waals surface area (Å²) < 4.78 is 4.98. The molecule has 14 heavy (non-hydrogen) atoms. The lowest BCUT2D eigenvalue weighted by atomic mass is 10.2. The molecular formula is C12H18O2. The molecule has 0 aliphatic carbocycles. The van der Waals surface area contributed by atoms with E-state index in [1.807, 2.05) is 19.9 Å². The third kappa shape index (κ3) is 8.78. The Balaban J connectivity index is 3.58. The van der Waals surface area contributed by atoms with Crippen molar-refractivity contribution < 1.29 is 9.53 Å². The minimum atomic E-state index is -0.179. The summed E-state index contributed by atoms with van der Waals surface area (Å²) in [6.07, 6.45) is 9.20. The van der Waals surface area contributed by atoms with Gasteiger partial charge in [0.05, 0.1) is 13.0 Å². The molecule has 0 aliphatic rings.